The van der Waals surface area contributed by atoms with Crippen LogP contribution in [-0.4, -0.2) is 27.3 Å². The molecule has 0 saturated carbocycles. The highest BCUT2D eigenvalue weighted by Gasteiger charge is 2.35. The predicted octanol–water partition coefficient (Wildman–Crippen LogP) is 1.53. The summed E-state index contributed by atoms with van der Waals surface area (Å²) in [6.07, 6.45) is 1.02. The standard InChI is InChI=1S/C12H17NO2/c1-14-11-5-3-10(4-6-11)12(15-2)7-8-13-9-12/h3-6,13H,7-9H2,1-2H3. The van der Waals surface area contributed by atoms with Gasteiger partial charge in [-0.05, 0) is 30.7 Å². The first-order valence-electron chi connectivity index (χ1n) is 5.21. The van der Waals surface area contributed by atoms with Gasteiger partial charge in [0.1, 0.15) is 11.4 Å². The lowest BCUT2D eigenvalue weighted by atomic mass is 9.93. The maximum atomic E-state index is 5.66. The molecule has 1 aromatic carbocycles. The maximum Gasteiger partial charge on any atom is 0.118 e. The van der Waals surface area contributed by atoms with E-state index in [9.17, 15) is 0 Å². The van der Waals surface area contributed by atoms with Crippen LogP contribution in [-0.2, 0) is 10.3 Å². The first-order valence-corrected chi connectivity index (χ1v) is 5.21. The lowest BCUT2D eigenvalue weighted by molar-refractivity contribution is 0.00322. The Morgan fingerprint density at radius 3 is 2.40 bits per heavy atom. The van der Waals surface area contributed by atoms with E-state index in [-0.39, 0.29) is 5.60 Å². The average Bonchev–Trinajstić information content (AvgIpc) is 2.79. The molecule has 3 heteroatoms. The molecule has 3 nitrogen and oxygen atoms in total. The van der Waals surface area contributed by atoms with Crippen molar-refractivity contribution in [3.8, 4) is 5.75 Å². The molecule has 1 aliphatic heterocycles. The third-order valence-corrected chi connectivity index (χ3v) is 3.12. The van der Waals surface area contributed by atoms with E-state index in [0.717, 1.165) is 25.3 Å². The molecular formula is C12H17NO2. The van der Waals surface area contributed by atoms with Crippen LogP contribution in [0.15, 0.2) is 24.3 Å². The Labute approximate surface area is 90.4 Å². The zero-order valence-electron chi connectivity index (χ0n) is 9.25. The van der Waals surface area contributed by atoms with Gasteiger partial charge in [0.25, 0.3) is 0 Å². The average molecular weight is 207 g/mol. The Balaban J connectivity index is 2.26. The fourth-order valence-corrected chi connectivity index (χ4v) is 2.10. The maximum absolute atomic E-state index is 5.66. The summed E-state index contributed by atoms with van der Waals surface area (Å²) in [6, 6.07) is 8.12. The van der Waals surface area contributed by atoms with E-state index < -0.39 is 0 Å². The van der Waals surface area contributed by atoms with Crippen molar-refractivity contribution in [2.24, 2.45) is 0 Å². The molecule has 1 unspecified atom stereocenters. The molecule has 0 amide bonds. The number of methoxy groups -OCH3 is 2. The van der Waals surface area contributed by atoms with Gasteiger partial charge in [0.2, 0.25) is 0 Å². The Hall–Kier alpha value is -1.06. The van der Waals surface area contributed by atoms with Gasteiger partial charge in [-0.1, -0.05) is 12.1 Å². The van der Waals surface area contributed by atoms with Crippen molar-refractivity contribution >= 4 is 0 Å². The van der Waals surface area contributed by atoms with Crippen LogP contribution in [0.5, 0.6) is 5.75 Å². The zero-order chi connectivity index (χ0) is 10.7. The van der Waals surface area contributed by atoms with E-state index in [2.05, 4.69) is 17.4 Å². The van der Waals surface area contributed by atoms with Gasteiger partial charge < -0.3 is 14.8 Å². The summed E-state index contributed by atoms with van der Waals surface area (Å²) in [5, 5.41) is 3.33. The van der Waals surface area contributed by atoms with Gasteiger partial charge in [0.15, 0.2) is 0 Å². The molecule has 1 N–H and O–H groups in total. The van der Waals surface area contributed by atoms with Gasteiger partial charge in [-0.15, -0.1) is 0 Å². The topological polar surface area (TPSA) is 30.5 Å². The van der Waals surface area contributed by atoms with Gasteiger partial charge in [-0.25, -0.2) is 0 Å². The number of ether oxygens (including phenoxy) is 2. The fraction of sp³-hybridized carbons (Fsp3) is 0.500. The highest BCUT2D eigenvalue weighted by molar-refractivity contribution is 5.32. The van der Waals surface area contributed by atoms with Gasteiger partial charge in [0.05, 0.1) is 7.11 Å². The smallest absolute Gasteiger partial charge is 0.118 e. The van der Waals surface area contributed by atoms with Crippen molar-refractivity contribution in [1.82, 2.24) is 5.32 Å². The number of benzene rings is 1. The first kappa shape index (κ1) is 10.5. The second kappa shape index (κ2) is 4.21. The minimum atomic E-state index is -0.147. The van der Waals surface area contributed by atoms with Gasteiger partial charge >= 0.3 is 0 Å². The van der Waals surface area contributed by atoms with Gasteiger partial charge in [-0.2, -0.15) is 0 Å². The molecule has 1 atom stereocenters. The fourth-order valence-electron chi connectivity index (χ4n) is 2.10. The van der Waals surface area contributed by atoms with E-state index in [1.165, 1.54) is 5.56 Å². The highest BCUT2D eigenvalue weighted by Crippen LogP contribution is 2.32. The number of nitrogens with one attached hydrogen (secondary N) is 1. The van der Waals surface area contributed by atoms with Crippen molar-refractivity contribution in [2.45, 2.75) is 12.0 Å². The van der Waals surface area contributed by atoms with Crippen LogP contribution in [0, 0.1) is 0 Å². The third-order valence-electron chi connectivity index (χ3n) is 3.12. The highest BCUT2D eigenvalue weighted by atomic mass is 16.5. The van der Waals surface area contributed by atoms with Crippen molar-refractivity contribution in [2.75, 3.05) is 27.3 Å². The van der Waals surface area contributed by atoms with Gasteiger partial charge in [-0.3, -0.25) is 0 Å². The molecule has 1 aliphatic rings. The summed E-state index contributed by atoms with van der Waals surface area (Å²) in [4.78, 5) is 0. The SMILES string of the molecule is COc1ccc(C2(OC)CCNC2)cc1. The monoisotopic (exact) mass is 207 g/mol. The molecule has 0 aromatic heterocycles. The van der Waals surface area contributed by atoms with Crippen molar-refractivity contribution in [1.29, 1.82) is 0 Å². The summed E-state index contributed by atoms with van der Waals surface area (Å²) in [5.41, 5.74) is 1.07. The number of hydrogen-bond donors (Lipinski definition) is 1. The van der Waals surface area contributed by atoms with E-state index in [0.29, 0.717) is 0 Å². The van der Waals surface area contributed by atoms with Crippen molar-refractivity contribution in [3.05, 3.63) is 29.8 Å². The lowest BCUT2D eigenvalue weighted by Crippen LogP contribution is -2.30. The molecule has 0 spiro atoms. The van der Waals surface area contributed by atoms with E-state index in [1.807, 2.05) is 12.1 Å². The molecule has 0 aliphatic carbocycles. The summed E-state index contributed by atoms with van der Waals surface area (Å²) in [5.74, 6) is 0.885. The second-order valence-electron chi connectivity index (χ2n) is 3.85. The molecule has 82 valence electrons. The lowest BCUT2D eigenvalue weighted by Gasteiger charge is -2.27. The van der Waals surface area contributed by atoms with Gasteiger partial charge in [0, 0.05) is 13.7 Å². The van der Waals surface area contributed by atoms with Crippen molar-refractivity contribution in [3.63, 3.8) is 0 Å². The minimum absolute atomic E-state index is 0.147. The van der Waals surface area contributed by atoms with Crippen LogP contribution in [0.3, 0.4) is 0 Å². The van der Waals surface area contributed by atoms with Crippen molar-refractivity contribution < 1.29 is 9.47 Å². The molecular weight excluding hydrogens is 190 g/mol. The van der Waals surface area contributed by atoms with Crippen LogP contribution >= 0.6 is 0 Å². The molecule has 0 bridgehead atoms. The molecule has 1 fully saturated rings. The summed E-state index contributed by atoms with van der Waals surface area (Å²) >= 11 is 0. The molecule has 0 radical (unpaired) electrons. The largest absolute Gasteiger partial charge is 0.497 e. The molecule has 1 aromatic rings. The van der Waals surface area contributed by atoms with Crippen LogP contribution in [0.4, 0.5) is 0 Å². The first-order chi connectivity index (χ1) is 7.30. The quantitative estimate of drug-likeness (QED) is 0.815. The van der Waals surface area contributed by atoms with Crippen LogP contribution < -0.4 is 10.1 Å². The molecule has 1 saturated heterocycles. The zero-order valence-corrected chi connectivity index (χ0v) is 9.25. The number of hydrogen-bond acceptors (Lipinski definition) is 3. The summed E-state index contributed by atoms with van der Waals surface area (Å²) in [6.45, 7) is 1.90. The Morgan fingerprint density at radius 1 is 1.20 bits per heavy atom. The Morgan fingerprint density at radius 2 is 1.93 bits per heavy atom. The number of rotatable bonds is 3. The third kappa shape index (κ3) is 1.85. The van der Waals surface area contributed by atoms with Crippen LogP contribution in [0.2, 0.25) is 0 Å². The molecule has 15 heavy (non-hydrogen) atoms. The normalized spacial score (nSPS) is 25.5. The summed E-state index contributed by atoms with van der Waals surface area (Å²) < 4.78 is 10.8. The Bertz CT molecular complexity index is 315. The van der Waals surface area contributed by atoms with Crippen LogP contribution in [0.25, 0.3) is 0 Å². The van der Waals surface area contributed by atoms with Crippen LogP contribution in [0.1, 0.15) is 12.0 Å². The van der Waals surface area contributed by atoms with E-state index in [4.69, 9.17) is 9.47 Å². The Kier molecular flexibility index (Phi) is 2.93. The predicted molar refractivity (Wildman–Crippen MR) is 59.2 cm³/mol. The summed E-state index contributed by atoms with van der Waals surface area (Å²) in [7, 11) is 3.45. The van der Waals surface area contributed by atoms with E-state index in [1.54, 1.807) is 14.2 Å². The molecule has 2 rings (SSSR count). The van der Waals surface area contributed by atoms with E-state index >= 15 is 0 Å². The second-order valence-corrected chi connectivity index (χ2v) is 3.85. The molecule has 1 heterocycles. The minimum Gasteiger partial charge on any atom is -0.497 e.